The lowest BCUT2D eigenvalue weighted by Gasteiger charge is -2.12. The van der Waals surface area contributed by atoms with Crippen molar-refractivity contribution in [1.82, 2.24) is 0 Å². The van der Waals surface area contributed by atoms with Crippen LogP contribution in [0.15, 0.2) is 53.1 Å². The summed E-state index contributed by atoms with van der Waals surface area (Å²) >= 11 is 11.5. The molecule has 0 saturated carbocycles. The van der Waals surface area contributed by atoms with Gasteiger partial charge in [0.25, 0.3) is 0 Å². The molecule has 0 aliphatic carbocycles. The van der Waals surface area contributed by atoms with E-state index in [1.807, 2.05) is 6.92 Å². The number of furan rings is 1. The molecular weight excluding hydrogens is 380 g/mol. The highest BCUT2D eigenvalue weighted by Gasteiger charge is 2.12. The smallest absolute Gasteiger partial charge is 0.191 e. The van der Waals surface area contributed by atoms with Gasteiger partial charge in [0.05, 0.1) is 11.8 Å². The number of hydrogen-bond donors (Lipinski definition) is 1. The molecule has 1 aromatic heterocycles. The van der Waals surface area contributed by atoms with Gasteiger partial charge in [-0.3, -0.25) is 0 Å². The Hall–Kier alpha value is -2.44. The van der Waals surface area contributed by atoms with E-state index < -0.39 is 17.4 Å². The van der Waals surface area contributed by atoms with E-state index in [-0.39, 0.29) is 6.61 Å². The van der Waals surface area contributed by atoms with Crippen LogP contribution in [0.3, 0.4) is 0 Å². The average molecular weight is 394 g/mol. The first-order valence-corrected chi connectivity index (χ1v) is 8.45. The molecule has 0 atom stereocenters. The number of hydrogen-bond acceptors (Lipinski definition) is 3. The Kier molecular flexibility index (Phi) is 5.54. The van der Waals surface area contributed by atoms with E-state index in [1.165, 1.54) is 6.07 Å². The van der Waals surface area contributed by atoms with Gasteiger partial charge in [0.2, 0.25) is 0 Å². The zero-order valence-electron chi connectivity index (χ0n) is 13.7. The van der Waals surface area contributed by atoms with Gasteiger partial charge in [-0.2, -0.15) is 0 Å². The van der Waals surface area contributed by atoms with Gasteiger partial charge in [-0.05, 0) is 43.3 Å². The number of para-hydroxylation sites is 1. The second-order valence-electron chi connectivity index (χ2n) is 5.49. The fraction of sp³-hybridized carbons (Fsp3) is 0.105. The van der Waals surface area contributed by atoms with Crippen molar-refractivity contribution in [2.45, 2.75) is 13.5 Å². The predicted molar refractivity (Wildman–Crippen MR) is 101 cm³/mol. The molecule has 0 radical (unpaired) electrons. The molecule has 0 fully saturated rings. The van der Waals surface area contributed by atoms with Crippen LogP contribution in [-0.2, 0) is 6.61 Å². The van der Waals surface area contributed by atoms with Crippen LogP contribution in [0.25, 0.3) is 0 Å². The summed E-state index contributed by atoms with van der Waals surface area (Å²) in [6, 6.07) is 10.4. The Labute approximate surface area is 159 Å². The molecule has 3 aromatic rings. The molecule has 3 rings (SSSR count). The molecule has 0 aliphatic heterocycles. The molecule has 0 bridgehead atoms. The Morgan fingerprint density at radius 2 is 1.92 bits per heavy atom. The third kappa shape index (κ3) is 4.03. The maximum absolute atomic E-state index is 13.7. The normalized spacial score (nSPS) is 10.6. The molecule has 0 spiro atoms. The van der Waals surface area contributed by atoms with E-state index in [9.17, 15) is 8.78 Å². The minimum Gasteiger partial charge on any atom is -0.483 e. The van der Waals surface area contributed by atoms with Crippen LogP contribution in [0, 0.1) is 18.6 Å². The molecule has 1 heterocycles. The van der Waals surface area contributed by atoms with E-state index in [0.717, 1.165) is 17.7 Å². The van der Waals surface area contributed by atoms with Gasteiger partial charge >= 0.3 is 0 Å². The first-order chi connectivity index (χ1) is 12.5. The zero-order valence-corrected chi connectivity index (χ0v) is 15.3. The van der Waals surface area contributed by atoms with Gasteiger partial charge in [0.15, 0.2) is 17.4 Å². The van der Waals surface area contributed by atoms with Crippen LogP contribution >= 0.6 is 23.8 Å². The molecule has 0 amide bonds. The highest BCUT2D eigenvalue weighted by atomic mass is 35.5. The molecule has 3 nitrogen and oxygen atoms in total. The van der Waals surface area contributed by atoms with Crippen molar-refractivity contribution in [1.29, 1.82) is 0 Å². The minimum atomic E-state index is -0.771. The maximum atomic E-state index is 13.7. The van der Waals surface area contributed by atoms with Crippen molar-refractivity contribution in [2.24, 2.45) is 0 Å². The van der Waals surface area contributed by atoms with Crippen LogP contribution in [-0.4, -0.2) is 4.99 Å². The first kappa shape index (κ1) is 18.4. The van der Waals surface area contributed by atoms with E-state index in [2.05, 4.69) is 5.32 Å². The van der Waals surface area contributed by atoms with Crippen molar-refractivity contribution in [3.8, 4) is 5.75 Å². The van der Waals surface area contributed by atoms with E-state index in [1.54, 1.807) is 30.5 Å². The fourth-order valence-corrected chi connectivity index (χ4v) is 2.85. The molecule has 2 aromatic carbocycles. The first-order valence-electron chi connectivity index (χ1n) is 7.66. The summed E-state index contributed by atoms with van der Waals surface area (Å²) in [5.74, 6) is -1.28. The van der Waals surface area contributed by atoms with Crippen molar-refractivity contribution < 1.29 is 17.9 Å². The second kappa shape index (κ2) is 7.85. The molecule has 0 saturated heterocycles. The van der Waals surface area contributed by atoms with E-state index >= 15 is 0 Å². The van der Waals surface area contributed by atoms with Crippen LogP contribution in [0.5, 0.6) is 5.75 Å². The minimum absolute atomic E-state index is 0.0935. The lowest BCUT2D eigenvalue weighted by atomic mass is 10.2. The Bertz CT molecular complexity index is 938. The summed E-state index contributed by atoms with van der Waals surface area (Å²) in [5.41, 5.74) is 2.01. The van der Waals surface area contributed by atoms with E-state index in [4.69, 9.17) is 33.0 Å². The summed E-state index contributed by atoms with van der Waals surface area (Å²) in [6.45, 7) is 1.72. The second-order valence-corrected chi connectivity index (χ2v) is 6.31. The number of benzene rings is 2. The van der Waals surface area contributed by atoms with Crippen molar-refractivity contribution in [2.75, 3.05) is 5.32 Å². The molecule has 7 heteroatoms. The Morgan fingerprint density at radius 1 is 1.19 bits per heavy atom. The van der Waals surface area contributed by atoms with Crippen molar-refractivity contribution >= 4 is 34.5 Å². The molecule has 1 N–H and O–H groups in total. The molecule has 134 valence electrons. The van der Waals surface area contributed by atoms with Gasteiger partial charge < -0.3 is 14.5 Å². The number of halogens is 3. The highest BCUT2D eigenvalue weighted by molar-refractivity contribution is 7.81. The largest absolute Gasteiger partial charge is 0.483 e. The third-order valence-electron chi connectivity index (χ3n) is 3.70. The van der Waals surface area contributed by atoms with Gasteiger partial charge in [-0.1, -0.05) is 29.9 Å². The predicted octanol–water partition coefficient (Wildman–Crippen LogP) is 5.89. The van der Waals surface area contributed by atoms with E-state index in [0.29, 0.717) is 27.0 Å². The quantitative estimate of drug-likeness (QED) is 0.548. The summed E-state index contributed by atoms with van der Waals surface area (Å²) < 4.78 is 37.8. The zero-order chi connectivity index (χ0) is 18.7. The fourth-order valence-electron chi connectivity index (χ4n) is 2.35. The van der Waals surface area contributed by atoms with Crippen LogP contribution < -0.4 is 10.1 Å². The lowest BCUT2D eigenvalue weighted by molar-refractivity contribution is 0.274. The standard InChI is InChI=1S/C19H14ClF2NO2S/c1-11-14(7-8-24-11)19(26)23-13-5-6-15(20)12(9-13)10-25-18-16(21)3-2-4-17(18)22/h2-9H,10H2,1H3,(H,23,26). The molecule has 26 heavy (non-hydrogen) atoms. The maximum Gasteiger partial charge on any atom is 0.191 e. The monoisotopic (exact) mass is 393 g/mol. The van der Waals surface area contributed by atoms with Gasteiger partial charge in [-0.15, -0.1) is 0 Å². The van der Waals surface area contributed by atoms with Gasteiger partial charge in [0, 0.05) is 16.3 Å². The number of nitrogens with one attached hydrogen (secondary N) is 1. The molecular formula is C19H14ClF2NO2S. The van der Waals surface area contributed by atoms with Gasteiger partial charge in [0.1, 0.15) is 17.4 Å². The average Bonchev–Trinajstić information content (AvgIpc) is 3.03. The van der Waals surface area contributed by atoms with Crippen LogP contribution in [0.2, 0.25) is 5.02 Å². The number of anilines is 1. The summed E-state index contributed by atoms with van der Waals surface area (Å²) in [7, 11) is 0. The highest BCUT2D eigenvalue weighted by Crippen LogP contribution is 2.26. The number of aryl methyl sites for hydroxylation is 1. The summed E-state index contributed by atoms with van der Waals surface area (Å²) in [6.07, 6.45) is 1.56. The van der Waals surface area contributed by atoms with Gasteiger partial charge in [-0.25, -0.2) is 8.78 Å². The number of thiocarbonyl (C=S) groups is 1. The van der Waals surface area contributed by atoms with Crippen molar-refractivity contribution in [3.05, 3.63) is 82.3 Å². The molecule has 0 aliphatic rings. The summed E-state index contributed by atoms with van der Waals surface area (Å²) in [5, 5.41) is 3.50. The van der Waals surface area contributed by atoms with Crippen LogP contribution in [0.4, 0.5) is 14.5 Å². The number of ether oxygens (including phenoxy) is 1. The Morgan fingerprint density at radius 3 is 2.58 bits per heavy atom. The SMILES string of the molecule is Cc1occc1C(=S)Nc1ccc(Cl)c(COc2c(F)cccc2F)c1. The van der Waals surface area contributed by atoms with Crippen molar-refractivity contribution in [3.63, 3.8) is 0 Å². The summed E-state index contributed by atoms with van der Waals surface area (Å²) in [4.78, 5) is 0.491. The third-order valence-corrected chi connectivity index (χ3v) is 4.39. The lowest BCUT2D eigenvalue weighted by Crippen LogP contribution is -2.11. The molecule has 0 unspecified atom stereocenters. The Balaban J connectivity index is 1.76. The number of rotatable bonds is 5. The van der Waals surface area contributed by atoms with Crippen LogP contribution in [0.1, 0.15) is 16.9 Å². The topological polar surface area (TPSA) is 34.4 Å².